The molecule has 0 aromatic carbocycles. The molecule has 0 amide bonds. The molecule has 1 aliphatic carbocycles. The first-order chi connectivity index (χ1) is 7.22. The monoisotopic (exact) mass is 208 g/mol. The maximum atomic E-state index is 6.07. The number of hydrogen-bond acceptors (Lipinski definition) is 3. The van der Waals surface area contributed by atoms with Crippen molar-refractivity contribution in [1.29, 1.82) is 0 Å². The van der Waals surface area contributed by atoms with Gasteiger partial charge in [0, 0.05) is 13.1 Å². The van der Waals surface area contributed by atoms with Gasteiger partial charge in [-0.25, -0.2) is 0 Å². The van der Waals surface area contributed by atoms with Crippen molar-refractivity contribution in [3.05, 3.63) is 5.69 Å². The van der Waals surface area contributed by atoms with E-state index in [0.717, 1.165) is 30.0 Å². The van der Waals surface area contributed by atoms with E-state index in [2.05, 4.69) is 17.3 Å². The summed E-state index contributed by atoms with van der Waals surface area (Å²) in [6.07, 6.45) is 5.90. The average Bonchev–Trinajstić information content (AvgIpc) is 2.38. The Morgan fingerprint density at radius 2 is 2.27 bits per heavy atom. The summed E-state index contributed by atoms with van der Waals surface area (Å²) in [5, 5.41) is 7.91. The Balaban J connectivity index is 2.14. The molecule has 0 saturated heterocycles. The van der Waals surface area contributed by atoms with Crippen molar-refractivity contribution >= 4 is 11.5 Å². The van der Waals surface area contributed by atoms with Crippen LogP contribution in [0.3, 0.4) is 0 Å². The summed E-state index contributed by atoms with van der Waals surface area (Å²) in [5.74, 6) is 1.00. The Hall–Kier alpha value is -1.19. The lowest BCUT2D eigenvalue weighted by molar-refractivity contribution is 0.442. The molecule has 2 rings (SSSR count). The molecule has 4 nitrogen and oxygen atoms in total. The minimum Gasteiger partial charge on any atom is -0.394 e. The largest absolute Gasteiger partial charge is 0.394 e. The van der Waals surface area contributed by atoms with Crippen LogP contribution in [0.4, 0.5) is 11.5 Å². The van der Waals surface area contributed by atoms with E-state index in [1.165, 1.54) is 19.3 Å². The fourth-order valence-corrected chi connectivity index (χ4v) is 1.93. The summed E-state index contributed by atoms with van der Waals surface area (Å²) in [6, 6.07) is 0.608. The van der Waals surface area contributed by atoms with Gasteiger partial charge in [-0.3, -0.25) is 4.68 Å². The lowest BCUT2D eigenvalue weighted by Gasteiger charge is -2.27. The van der Waals surface area contributed by atoms with Crippen molar-refractivity contribution in [1.82, 2.24) is 9.78 Å². The fraction of sp³-hybridized carbons (Fsp3) is 0.727. The predicted molar refractivity (Wildman–Crippen MR) is 62.9 cm³/mol. The minimum absolute atomic E-state index is 0.608. The SMILES string of the molecule is CCCc1nn(C)c(NC2CCC2)c1N. The van der Waals surface area contributed by atoms with Gasteiger partial charge in [0.2, 0.25) is 0 Å². The minimum atomic E-state index is 0.608. The van der Waals surface area contributed by atoms with Gasteiger partial charge in [-0.1, -0.05) is 13.3 Å². The molecule has 1 aliphatic rings. The number of aryl methyl sites for hydroxylation is 2. The van der Waals surface area contributed by atoms with Crippen LogP contribution in [0.2, 0.25) is 0 Å². The quantitative estimate of drug-likeness (QED) is 0.794. The van der Waals surface area contributed by atoms with E-state index in [1.807, 2.05) is 11.7 Å². The van der Waals surface area contributed by atoms with Gasteiger partial charge >= 0.3 is 0 Å². The number of nitrogen functional groups attached to an aromatic ring is 1. The molecule has 1 heterocycles. The van der Waals surface area contributed by atoms with E-state index >= 15 is 0 Å². The van der Waals surface area contributed by atoms with Crippen molar-refractivity contribution < 1.29 is 0 Å². The third-order valence-electron chi connectivity index (χ3n) is 3.09. The van der Waals surface area contributed by atoms with Gasteiger partial charge < -0.3 is 11.1 Å². The summed E-state index contributed by atoms with van der Waals surface area (Å²) >= 11 is 0. The van der Waals surface area contributed by atoms with Crippen LogP contribution >= 0.6 is 0 Å². The number of hydrogen-bond donors (Lipinski definition) is 2. The highest BCUT2D eigenvalue weighted by Crippen LogP contribution is 2.28. The summed E-state index contributed by atoms with van der Waals surface area (Å²) in [7, 11) is 1.95. The zero-order valence-electron chi connectivity index (χ0n) is 9.58. The first-order valence-electron chi connectivity index (χ1n) is 5.80. The van der Waals surface area contributed by atoms with Gasteiger partial charge in [0.15, 0.2) is 0 Å². The summed E-state index contributed by atoms with van der Waals surface area (Å²) < 4.78 is 1.87. The Labute approximate surface area is 90.8 Å². The normalized spacial score (nSPS) is 16.4. The number of nitrogens with zero attached hydrogens (tertiary/aromatic N) is 2. The van der Waals surface area contributed by atoms with Crippen molar-refractivity contribution in [2.75, 3.05) is 11.1 Å². The fourth-order valence-electron chi connectivity index (χ4n) is 1.93. The van der Waals surface area contributed by atoms with E-state index in [1.54, 1.807) is 0 Å². The highest BCUT2D eigenvalue weighted by molar-refractivity contribution is 5.65. The lowest BCUT2D eigenvalue weighted by Crippen LogP contribution is -2.28. The first kappa shape index (κ1) is 10.3. The number of rotatable bonds is 4. The molecule has 4 heteroatoms. The zero-order valence-corrected chi connectivity index (χ0v) is 9.58. The standard InChI is InChI=1S/C11H20N4/c1-3-5-9-10(12)11(15(2)14-9)13-8-6-4-7-8/h8,13H,3-7,12H2,1-2H3. The van der Waals surface area contributed by atoms with E-state index in [4.69, 9.17) is 5.73 Å². The van der Waals surface area contributed by atoms with E-state index in [9.17, 15) is 0 Å². The van der Waals surface area contributed by atoms with E-state index in [-0.39, 0.29) is 0 Å². The number of nitrogens with one attached hydrogen (secondary N) is 1. The lowest BCUT2D eigenvalue weighted by atomic mass is 9.93. The molecule has 1 aromatic heterocycles. The van der Waals surface area contributed by atoms with Crippen molar-refractivity contribution in [3.8, 4) is 0 Å². The predicted octanol–water partition coefficient (Wildman–Crippen LogP) is 1.92. The third kappa shape index (κ3) is 1.94. The van der Waals surface area contributed by atoms with Gasteiger partial charge in [0.1, 0.15) is 5.82 Å². The van der Waals surface area contributed by atoms with Crippen LogP contribution in [0.15, 0.2) is 0 Å². The van der Waals surface area contributed by atoms with Crippen LogP contribution in [0.25, 0.3) is 0 Å². The molecule has 1 aromatic rings. The maximum absolute atomic E-state index is 6.07. The summed E-state index contributed by atoms with van der Waals surface area (Å²) in [5.41, 5.74) is 7.94. The highest BCUT2D eigenvalue weighted by atomic mass is 15.3. The number of anilines is 2. The zero-order chi connectivity index (χ0) is 10.8. The molecule has 0 atom stereocenters. The second-order valence-corrected chi connectivity index (χ2v) is 4.35. The van der Waals surface area contributed by atoms with Gasteiger partial charge in [-0.15, -0.1) is 0 Å². The maximum Gasteiger partial charge on any atom is 0.147 e. The Kier molecular flexibility index (Phi) is 2.84. The summed E-state index contributed by atoms with van der Waals surface area (Å²) in [4.78, 5) is 0. The molecule has 1 fully saturated rings. The summed E-state index contributed by atoms with van der Waals surface area (Å²) in [6.45, 7) is 2.15. The van der Waals surface area contributed by atoms with E-state index < -0.39 is 0 Å². The molecule has 0 bridgehead atoms. The number of nitrogens with two attached hydrogens (primary N) is 1. The molecule has 84 valence electrons. The van der Waals surface area contributed by atoms with Crippen LogP contribution in [0.1, 0.15) is 38.3 Å². The molecule has 0 unspecified atom stereocenters. The van der Waals surface area contributed by atoms with Crippen LogP contribution in [0, 0.1) is 0 Å². The van der Waals surface area contributed by atoms with Gasteiger partial charge in [0.25, 0.3) is 0 Å². The van der Waals surface area contributed by atoms with Gasteiger partial charge in [0.05, 0.1) is 11.4 Å². The van der Waals surface area contributed by atoms with Crippen LogP contribution < -0.4 is 11.1 Å². The molecule has 0 radical (unpaired) electrons. The molecular formula is C11H20N4. The topological polar surface area (TPSA) is 55.9 Å². The average molecular weight is 208 g/mol. The Morgan fingerprint density at radius 3 is 2.80 bits per heavy atom. The number of aromatic nitrogens is 2. The van der Waals surface area contributed by atoms with E-state index in [0.29, 0.717) is 6.04 Å². The van der Waals surface area contributed by atoms with Crippen LogP contribution in [0.5, 0.6) is 0 Å². The van der Waals surface area contributed by atoms with Crippen LogP contribution in [-0.4, -0.2) is 15.8 Å². The molecule has 0 aliphatic heterocycles. The Bertz CT molecular complexity index is 339. The molecular weight excluding hydrogens is 188 g/mol. The second kappa shape index (κ2) is 4.13. The van der Waals surface area contributed by atoms with Crippen molar-refractivity contribution in [2.24, 2.45) is 7.05 Å². The third-order valence-corrected chi connectivity index (χ3v) is 3.09. The highest BCUT2D eigenvalue weighted by Gasteiger charge is 2.21. The molecule has 3 N–H and O–H groups in total. The van der Waals surface area contributed by atoms with Gasteiger partial charge in [-0.05, 0) is 25.7 Å². The van der Waals surface area contributed by atoms with Crippen molar-refractivity contribution in [2.45, 2.75) is 45.1 Å². The smallest absolute Gasteiger partial charge is 0.147 e. The molecule has 0 spiro atoms. The first-order valence-corrected chi connectivity index (χ1v) is 5.80. The van der Waals surface area contributed by atoms with Gasteiger partial charge in [-0.2, -0.15) is 5.10 Å². The Morgan fingerprint density at radius 1 is 1.53 bits per heavy atom. The van der Waals surface area contributed by atoms with Crippen molar-refractivity contribution in [3.63, 3.8) is 0 Å². The van der Waals surface area contributed by atoms with Crippen LogP contribution in [-0.2, 0) is 13.5 Å². The molecule has 15 heavy (non-hydrogen) atoms. The second-order valence-electron chi connectivity index (χ2n) is 4.35. The molecule has 1 saturated carbocycles.